The Morgan fingerprint density at radius 3 is 2.61 bits per heavy atom. The summed E-state index contributed by atoms with van der Waals surface area (Å²) in [5.74, 6) is 0.858. The lowest BCUT2D eigenvalue weighted by molar-refractivity contribution is 0.113. The third-order valence-corrected chi connectivity index (χ3v) is 4.00. The van der Waals surface area contributed by atoms with E-state index in [-0.39, 0.29) is 29.4 Å². The topological polar surface area (TPSA) is 45.7 Å². The van der Waals surface area contributed by atoms with Crippen LogP contribution in [0.2, 0.25) is 0 Å². The number of aliphatic imine (C=N–C) groups is 1. The van der Waals surface area contributed by atoms with E-state index in [4.69, 9.17) is 4.74 Å². The number of nitrogens with one attached hydrogen (secondary N) is 2. The summed E-state index contributed by atoms with van der Waals surface area (Å²) in [5.41, 5.74) is 1.54. The molecule has 0 saturated carbocycles. The Morgan fingerprint density at radius 2 is 2.00 bits per heavy atom. The Labute approximate surface area is 157 Å². The van der Waals surface area contributed by atoms with Gasteiger partial charge in [-0.3, -0.25) is 4.99 Å². The van der Waals surface area contributed by atoms with Crippen LogP contribution in [0.15, 0.2) is 35.3 Å². The molecule has 0 amide bonds. The van der Waals surface area contributed by atoms with Crippen LogP contribution in [0.3, 0.4) is 0 Å². The largest absolute Gasteiger partial charge is 0.376 e. The molecule has 0 aromatic heterocycles. The number of nitrogens with zero attached hydrogens (tertiary/aromatic N) is 1. The summed E-state index contributed by atoms with van der Waals surface area (Å²) in [7, 11) is 1.81. The molecule has 1 heterocycles. The van der Waals surface area contributed by atoms with Gasteiger partial charge in [0.05, 0.1) is 6.10 Å². The van der Waals surface area contributed by atoms with Crippen LogP contribution in [0.25, 0.3) is 0 Å². The third kappa shape index (κ3) is 7.52. The number of rotatable bonds is 6. The molecule has 1 saturated heterocycles. The van der Waals surface area contributed by atoms with E-state index in [2.05, 4.69) is 59.8 Å². The van der Waals surface area contributed by atoms with Crippen molar-refractivity contribution in [2.24, 2.45) is 10.4 Å². The first-order valence-corrected chi connectivity index (χ1v) is 8.19. The van der Waals surface area contributed by atoms with Gasteiger partial charge in [-0.1, -0.05) is 44.2 Å². The zero-order chi connectivity index (χ0) is 15.8. The first-order chi connectivity index (χ1) is 10.6. The second-order valence-corrected chi connectivity index (χ2v) is 6.77. The summed E-state index contributed by atoms with van der Waals surface area (Å²) < 4.78 is 5.63. The highest BCUT2D eigenvalue weighted by molar-refractivity contribution is 14.0. The maximum Gasteiger partial charge on any atom is 0.191 e. The van der Waals surface area contributed by atoms with Crippen LogP contribution in [0.5, 0.6) is 0 Å². The molecule has 0 bridgehead atoms. The number of hydrogen-bond acceptors (Lipinski definition) is 2. The van der Waals surface area contributed by atoms with Gasteiger partial charge in [0.1, 0.15) is 0 Å². The average molecular weight is 431 g/mol. The van der Waals surface area contributed by atoms with Crippen molar-refractivity contribution in [3.63, 3.8) is 0 Å². The molecule has 0 aliphatic carbocycles. The van der Waals surface area contributed by atoms with Crippen molar-refractivity contribution in [2.45, 2.75) is 39.2 Å². The van der Waals surface area contributed by atoms with Crippen LogP contribution in [0.1, 0.15) is 32.3 Å². The molecule has 1 atom stereocenters. The molecule has 5 heteroatoms. The van der Waals surface area contributed by atoms with Crippen molar-refractivity contribution in [2.75, 3.05) is 26.7 Å². The number of benzene rings is 1. The molecule has 0 spiro atoms. The summed E-state index contributed by atoms with van der Waals surface area (Å²) in [6.45, 7) is 7.16. The molecule has 1 unspecified atom stereocenters. The molecule has 1 fully saturated rings. The van der Waals surface area contributed by atoms with Crippen LogP contribution >= 0.6 is 24.0 Å². The van der Waals surface area contributed by atoms with E-state index in [1.165, 1.54) is 12.0 Å². The van der Waals surface area contributed by atoms with Crippen molar-refractivity contribution >= 4 is 29.9 Å². The fourth-order valence-corrected chi connectivity index (χ4v) is 2.77. The SMILES string of the molecule is CN=C(NCC1CCCO1)NCC(C)(C)Cc1ccccc1.I. The maximum atomic E-state index is 5.63. The monoisotopic (exact) mass is 431 g/mol. The van der Waals surface area contributed by atoms with E-state index in [0.717, 1.165) is 38.5 Å². The number of hydrogen-bond donors (Lipinski definition) is 2. The van der Waals surface area contributed by atoms with Crippen LogP contribution in [0, 0.1) is 5.41 Å². The van der Waals surface area contributed by atoms with Crippen LogP contribution in [-0.2, 0) is 11.2 Å². The first kappa shape index (κ1) is 20.2. The normalized spacial score (nSPS) is 18.4. The van der Waals surface area contributed by atoms with Gasteiger partial charge >= 0.3 is 0 Å². The Balaban J connectivity index is 0.00000264. The molecule has 1 aromatic carbocycles. The van der Waals surface area contributed by atoms with Crippen LogP contribution in [0.4, 0.5) is 0 Å². The number of guanidine groups is 1. The number of halogens is 1. The highest BCUT2D eigenvalue weighted by atomic mass is 127. The highest BCUT2D eigenvalue weighted by Crippen LogP contribution is 2.20. The van der Waals surface area contributed by atoms with Crippen molar-refractivity contribution in [1.82, 2.24) is 10.6 Å². The lowest BCUT2D eigenvalue weighted by Crippen LogP contribution is -2.44. The highest BCUT2D eigenvalue weighted by Gasteiger charge is 2.20. The fourth-order valence-electron chi connectivity index (χ4n) is 2.77. The van der Waals surface area contributed by atoms with E-state index in [9.17, 15) is 0 Å². The molecule has 2 N–H and O–H groups in total. The second-order valence-electron chi connectivity index (χ2n) is 6.77. The maximum absolute atomic E-state index is 5.63. The average Bonchev–Trinajstić information content (AvgIpc) is 3.01. The predicted molar refractivity (Wildman–Crippen MR) is 108 cm³/mol. The lowest BCUT2D eigenvalue weighted by Gasteiger charge is -2.26. The molecule has 2 rings (SSSR count). The van der Waals surface area contributed by atoms with Crippen LogP contribution < -0.4 is 10.6 Å². The van der Waals surface area contributed by atoms with Gasteiger partial charge in [0.15, 0.2) is 5.96 Å². The predicted octanol–water partition coefficient (Wildman–Crippen LogP) is 3.22. The van der Waals surface area contributed by atoms with Gasteiger partial charge in [-0.15, -0.1) is 24.0 Å². The van der Waals surface area contributed by atoms with Gasteiger partial charge in [-0.2, -0.15) is 0 Å². The van der Waals surface area contributed by atoms with Gasteiger partial charge < -0.3 is 15.4 Å². The summed E-state index contributed by atoms with van der Waals surface area (Å²) in [4.78, 5) is 4.30. The summed E-state index contributed by atoms with van der Waals surface area (Å²) >= 11 is 0. The number of ether oxygens (including phenoxy) is 1. The summed E-state index contributed by atoms with van der Waals surface area (Å²) in [6, 6.07) is 10.6. The van der Waals surface area contributed by atoms with Gasteiger partial charge in [-0.05, 0) is 30.2 Å². The van der Waals surface area contributed by atoms with E-state index in [1.54, 1.807) is 0 Å². The minimum Gasteiger partial charge on any atom is -0.376 e. The van der Waals surface area contributed by atoms with Gasteiger partial charge in [-0.25, -0.2) is 0 Å². The van der Waals surface area contributed by atoms with E-state index >= 15 is 0 Å². The molecule has 1 aromatic rings. The Morgan fingerprint density at radius 1 is 1.26 bits per heavy atom. The molecular weight excluding hydrogens is 401 g/mol. The molecule has 130 valence electrons. The van der Waals surface area contributed by atoms with Crippen molar-refractivity contribution in [3.05, 3.63) is 35.9 Å². The first-order valence-electron chi connectivity index (χ1n) is 8.19. The van der Waals surface area contributed by atoms with Crippen LogP contribution in [-0.4, -0.2) is 38.8 Å². The molecular formula is C18H30IN3O. The Bertz CT molecular complexity index is 470. The Hall–Kier alpha value is -0.820. The van der Waals surface area contributed by atoms with Crippen molar-refractivity contribution in [3.8, 4) is 0 Å². The molecule has 23 heavy (non-hydrogen) atoms. The molecule has 1 aliphatic heterocycles. The van der Waals surface area contributed by atoms with Gasteiger partial charge in [0, 0.05) is 26.7 Å². The quantitative estimate of drug-likeness (QED) is 0.413. The fraction of sp³-hybridized carbons (Fsp3) is 0.611. The van der Waals surface area contributed by atoms with Crippen molar-refractivity contribution in [1.29, 1.82) is 0 Å². The smallest absolute Gasteiger partial charge is 0.191 e. The molecule has 1 aliphatic rings. The molecule has 4 nitrogen and oxygen atoms in total. The van der Waals surface area contributed by atoms with E-state index in [0.29, 0.717) is 6.10 Å². The standard InChI is InChI=1S/C18H29N3O.HI/c1-18(2,12-15-8-5-4-6-9-15)14-21-17(19-3)20-13-16-10-7-11-22-16;/h4-6,8-9,16H,7,10-14H2,1-3H3,(H2,19,20,21);1H. The molecule has 0 radical (unpaired) electrons. The zero-order valence-corrected chi connectivity index (χ0v) is 16.8. The van der Waals surface area contributed by atoms with Crippen molar-refractivity contribution < 1.29 is 4.74 Å². The van der Waals surface area contributed by atoms with Gasteiger partial charge in [0.25, 0.3) is 0 Å². The van der Waals surface area contributed by atoms with E-state index in [1.807, 2.05) is 7.05 Å². The second kappa shape index (κ2) is 10.1. The van der Waals surface area contributed by atoms with E-state index < -0.39 is 0 Å². The summed E-state index contributed by atoms with van der Waals surface area (Å²) in [5, 5.41) is 6.80. The lowest BCUT2D eigenvalue weighted by atomic mass is 9.86. The Kier molecular flexibility index (Phi) is 8.91. The third-order valence-electron chi connectivity index (χ3n) is 4.00. The van der Waals surface area contributed by atoms with Gasteiger partial charge in [0.2, 0.25) is 0 Å². The minimum atomic E-state index is 0. The summed E-state index contributed by atoms with van der Waals surface area (Å²) in [6.07, 6.45) is 3.69. The minimum absolute atomic E-state index is 0. The zero-order valence-electron chi connectivity index (χ0n) is 14.5.